The number of benzene rings is 1. The van der Waals surface area contributed by atoms with Gasteiger partial charge in [-0.3, -0.25) is 9.52 Å². The second kappa shape index (κ2) is 6.48. The van der Waals surface area contributed by atoms with E-state index < -0.39 is 22.1 Å². The molecule has 0 saturated carbocycles. The van der Waals surface area contributed by atoms with Gasteiger partial charge in [-0.2, -0.15) is 0 Å². The Bertz CT molecular complexity index is 980. The highest BCUT2D eigenvalue weighted by atomic mass is 32.2. The predicted molar refractivity (Wildman–Crippen MR) is 92.5 cm³/mol. The van der Waals surface area contributed by atoms with E-state index in [9.17, 15) is 26.4 Å². The number of aromatic nitrogens is 1. The van der Waals surface area contributed by atoms with E-state index in [-0.39, 0.29) is 21.2 Å². The highest BCUT2D eigenvalue weighted by Crippen LogP contribution is 2.38. The number of Topliss-reactive ketones (excluding diaryl/α,β-unsaturated/α-hetero) is 1. The summed E-state index contributed by atoms with van der Waals surface area (Å²) in [5.41, 5.74) is 0.302. The molecule has 2 aromatic rings. The van der Waals surface area contributed by atoms with Gasteiger partial charge < -0.3 is 4.74 Å². The molecule has 0 atom stereocenters. The SMILES string of the molecule is CC1(C)CC(=O)c2sc(NS(=O)(=O)c3ccc(OC(F)(F)F)cc3)nc2C1. The average molecular weight is 420 g/mol. The summed E-state index contributed by atoms with van der Waals surface area (Å²) in [5.74, 6) is -0.614. The molecule has 3 rings (SSSR count). The lowest BCUT2D eigenvalue weighted by molar-refractivity contribution is -0.274. The largest absolute Gasteiger partial charge is 0.573 e. The Morgan fingerprint density at radius 3 is 2.41 bits per heavy atom. The summed E-state index contributed by atoms with van der Waals surface area (Å²) in [6.45, 7) is 3.86. The van der Waals surface area contributed by atoms with Crippen molar-refractivity contribution in [2.24, 2.45) is 5.41 Å². The number of carbonyl (C=O) groups is 1. The summed E-state index contributed by atoms with van der Waals surface area (Å²) in [4.78, 5) is 16.6. The van der Waals surface area contributed by atoms with Crippen molar-refractivity contribution in [2.45, 2.75) is 37.9 Å². The fourth-order valence-electron chi connectivity index (χ4n) is 2.76. The Balaban J connectivity index is 1.80. The zero-order chi connectivity index (χ0) is 20.0. The van der Waals surface area contributed by atoms with Crippen molar-refractivity contribution in [1.82, 2.24) is 4.98 Å². The molecule has 1 aliphatic carbocycles. The molecule has 27 heavy (non-hydrogen) atoms. The third-order valence-electron chi connectivity index (χ3n) is 3.82. The number of hydrogen-bond donors (Lipinski definition) is 1. The Morgan fingerprint density at radius 1 is 1.19 bits per heavy atom. The number of rotatable bonds is 4. The quantitative estimate of drug-likeness (QED) is 0.808. The molecule has 1 N–H and O–H groups in total. The number of fused-ring (bicyclic) bond motifs is 1. The number of nitrogens with one attached hydrogen (secondary N) is 1. The second-order valence-electron chi connectivity index (χ2n) is 6.86. The van der Waals surface area contributed by atoms with E-state index in [2.05, 4.69) is 14.4 Å². The lowest BCUT2D eigenvalue weighted by atomic mass is 9.78. The number of hydrogen-bond acceptors (Lipinski definition) is 6. The van der Waals surface area contributed by atoms with Crippen LogP contribution in [0.15, 0.2) is 29.2 Å². The van der Waals surface area contributed by atoms with E-state index in [0.29, 0.717) is 23.4 Å². The molecule has 0 aliphatic heterocycles. The van der Waals surface area contributed by atoms with E-state index >= 15 is 0 Å². The first-order chi connectivity index (χ1) is 12.3. The molecule has 1 aliphatic rings. The number of halogens is 3. The summed E-state index contributed by atoms with van der Waals surface area (Å²) in [5, 5.41) is 0.0432. The minimum Gasteiger partial charge on any atom is -0.406 e. The third kappa shape index (κ3) is 4.59. The van der Waals surface area contributed by atoms with E-state index in [4.69, 9.17) is 0 Å². The van der Waals surface area contributed by atoms with Gasteiger partial charge >= 0.3 is 6.36 Å². The summed E-state index contributed by atoms with van der Waals surface area (Å²) < 4.78 is 67.4. The molecule has 1 aromatic heterocycles. The first kappa shape index (κ1) is 19.6. The monoisotopic (exact) mass is 420 g/mol. The number of nitrogens with zero attached hydrogens (tertiary/aromatic N) is 1. The van der Waals surface area contributed by atoms with Crippen LogP contribution in [0.5, 0.6) is 5.75 Å². The molecule has 0 fully saturated rings. The van der Waals surface area contributed by atoms with Crippen molar-refractivity contribution < 1.29 is 31.1 Å². The van der Waals surface area contributed by atoms with Crippen molar-refractivity contribution in [3.63, 3.8) is 0 Å². The zero-order valence-electron chi connectivity index (χ0n) is 14.3. The summed E-state index contributed by atoms with van der Waals surface area (Å²) >= 11 is 0.952. The van der Waals surface area contributed by atoms with Gasteiger partial charge in [0, 0.05) is 6.42 Å². The predicted octanol–water partition coefficient (Wildman–Crippen LogP) is 4.00. The van der Waals surface area contributed by atoms with Crippen molar-refractivity contribution in [1.29, 1.82) is 0 Å². The van der Waals surface area contributed by atoms with Gasteiger partial charge in [0.1, 0.15) is 5.75 Å². The van der Waals surface area contributed by atoms with Crippen LogP contribution in [0.1, 0.15) is 35.6 Å². The molecule has 0 amide bonds. The van der Waals surface area contributed by atoms with Crippen molar-refractivity contribution in [3.05, 3.63) is 34.8 Å². The van der Waals surface area contributed by atoms with Gasteiger partial charge in [0.05, 0.1) is 15.5 Å². The Hall–Kier alpha value is -2.14. The van der Waals surface area contributed by atoms with E-state index in [1.165, 1.54) is 0 Å². The normalized spacial score (nSPS) is 16.7. The Labute approximate surface area is 157 Å². The number of thiazole rings is 1. The minimum atomic E-state index is -4.86. The third-order valence-corrected chi connectivity index (χ3v) is 6.36. The summed E-state index contributed by atoms with van der Waals surface area (Å²) in [6, 6.07) is 3.79. The van der Waals surface area contributed by atoms with Crippen molar-refractivity contribution in [3.8, 4) is 5.75 Å². The van der Waals surface area contributed by atoms with Gasteiger partial charge in [0.15, 0.2) is 10.9 Å². The van der Waals surface area contributed by atoms with Crippen LogP contribution < -0.4 is 9.46 Å². The van der Waals surface area contributed by atoms with Crippen LogP contribution in [-0.4, -0.2) is 25.5 Å². The lowest BCUT2D eigenvalue weighted by Gasteiger charge is -2.26. The molecular formula is C16H15F3N2O4S2. The molecule has 0 unspecified atom stereocenters. The molecule has 6 nitrogen and oxygen atoms in total. The van der Waals surface area contributed by atoms with E-state index in [1.54, 1.807) is 0 Å². The number of carbonyl (C=O) groups excluding carboxylic acids is 1. The standard InChI is InChI=1S/C16H15F3N2O4S2/c1-15(2)7-11-13(12(22)8-15)26-14(20-11)21-27(23,24)10-5-3-9(4-6-10)25-16(17,18)19/h3-6H,7-8H2,1-2H3,(H,20,21). The molecule has 1 aromatic carbocycles. The smallest absolute Gasteiger partial charge is 0.406 e. The van der Waals surface area contributed by atoms with Crippen LogP contribution in [0.4, 0.5) is 18.3 Å². The first-order valence-corrected chi connectivity index (χ1v) is 10.1. The molecule has 0 radical (unpaired) electrons. The maximum Gasteiger partial charge on any atom is 0.573 e. The highest BCUT2D eigenvalue weighted by Gasteiger charge is 2.34. The van der Waals surface area contributed by atoms with Gasteiger partial charge in [-0.1, -0.05) is 25.2 Å². The van der Waals surface area contributed by atoms with Crippen LogP contribution in [-0.2, 0) is 16.4 Å². The molecule has 0 saturated heterocycles. The highest BCUT2D eigenvalue weighted by molar-refractivity contribution is 7.93. The van der Waals surface area contributed by atoms with Crippen LogP contribution in [0.25, 0.3) is 0 Å². The Morgan fingerprint density at radius 2 is 1.81 bits per heavy atom. The minimum absolute atomic E-state index is 0.0432. The molecular weight excluding hydrogens is 405 g/mol. The maximum absolute atomic E-state index is 12.4. The van der Waals surface area contributed by atoms with Gasteiger partial charge in [-0.15, -0.1) is 13.2 Å². The van der Waals surface area contributed by atoms with Gasteiger partial charge in [-0.05, 0) is 36.1 Å². The molecule has 146 valence electrons. The van der Waals surface area contributed by atoms with E-state index in [1.807, 2.05) is 13.8 Å². The van der Waals surface area contributed by atoms with Crippen LogP contribution in [0.2, 0.25) is 0 Å². The number of anilines is 1. The number of sulfonamides is 1. The fourth-order valence-corrected chi connectivity index (χ4v) is 4.91. The summed E-state index contributed by atoms with van der Waals surface area (Å²) in [7, 11) is -4.07. The molecule has 0 spiro atoms. The molecule has 1 heterocycles. The number of ether oxygens (including phenoxy) is 1. The topological polar surface area (TPSA) is 85.4 Å². The number of ketones is 1. The van der Waals surface area contributed by atoms with Gasteiger partial charge in [0.25, 0.3) is 10.0 Å². The Kier molecular flexibility index (Phi) is 4.71. The van der Waals surface area contributed by atoms with Gasteiger partial charge in [-0.25, -0.2) is 13.4 Å². The van der Waals surface area contributed by atoms with Gasteiger partial charge in [0.2, 0.25) is 0 Å². The first-order valence-electron chi connectivity index (χ1n) is 7.76. The maximum atomic E-state index is 12.4. The number of alkyl halides is 3. The lowest BCUT2D eigenvalue weighted by Crippen LogP contribution is -2.26. The van der Waals surface area contributed by atoms with Crippen LogP contribution in [0, 0.1) is 5.41 Å². The fraction of sp³-hybridized carbons (Fsp3) is 0.375. The van der Waals surface area contributed by atoms with E-state index in [0.717, 1.165) is 35.6 Å². The van der Waals surface area contributed by atoms with Crippen LogP contribution in [0.3, 0.4) is 0 Å². The van der Waals surface area contributed by atoms with Crippen LogP contribution >= 0.6 is 11.3 Å². The molecule has 11 heteroatoms. The molecule has 0 bridgehead atoms. The van der Waals surface area contributed by atoms with Crippen molar-refractivity contribution >= 4 is 32.3 Å². The average Bonchev–Trinajstić information content (AvgIpc) is 2.86. The van der Waals surface area contributed by atoms with Crippen molar-refractivity contribution in [2.75, 3.05) is 4.72 Å². The second-order valence-corrected chi connectivity index (χ2v) is 9.54. The summed E-state index contributed by atoms with van der Waals surface area (Å²) in [6.07, 6.45) is -3.95. The zero-order valence-corrected chi connectivity index (χ0v) is 15.9.